The van der Waals surface area contributed by atoms with E-state index in [1.807, 2.05) is 0 Å². The van der Waals surface area contributed by atoms with Gasteiger partial charge in [0.2, 0.25) is 0 Å². The van der Waals surface area contributed by atoms with Crippen molar-refractivity contribution in [1.29, 1.82) is 0 Å². The van der Waals surface area contributed by atoms with Crippen LogP contribution in [0.4, 0.5) is 29.3 Å². The summed E-state index contributed by atoms with van der Waals surface area (Å²) >= 11 is 0. The summed E-state index contributed by atoms with van der Waals surface area (Å²) in [6.45, 7) is -2.63. The van der Waals surface area contributed by atoms with Crippen molar-refractivity contribution in [3.05, 3.63) is 33.9 Å². The minimum atomic E-state index is -4.66. The number of urea groups is 1. The van der Waals surface area contributed by atoms with E-state index in [0.717, 1.165) is 6.07 Å². The topological polar surface area (TPSA) is 131 Å². The van der Waals surface area contributed by atoms with Crippen LogP contribution in [0, 0.1) is 10.1 Å². The largest absolute Gasteiger partial charge is 0.452 e. The number of carbonyl (C=O) groups is 3. The van der Waals surface area contributed by atoms with Gasteiger partial charge in [-0.1, -0.05) is 0 Å². The average Bonchev–Trinajstić information content (AvgIpc) is 2.56. The zero-order valence-electron chi connectivity index (χ0n) is 14.1. The van der Waals surface area contributed by atoms with Crippen LogP contribution in [0.3, 0.4) is 0 Å². The van der Waals surface area contributed by atoms with Gasteiger partial charge in [-0.2, -0.15) is 13.2 Å². The van der Waals surface area contributed by atoms with E-state index in [0.29, 0.717) is 0 Å². The van der Waals surface area contributed by atoms with E-state index < -0.39 is 42.2 Å². The number of rotatable bonds is 6. The van der Waals surface area contributed by atoms with E-state index in [4.69, 9.17) is 0 Å². The molecule has 0 radical (unpaired) electrons. The molecule has 3 amide bonds. The van der Waals surface area contributed by atoms with Gasteiger partial charge in [0.15, 0.2) is 6.61 Å². The molecule has 1 aromatic rings. The fourth-order valence-corrected chi connectivity index (χ4v) is 1.79. The number of halogens is 3. The van der Waals surface area contributed by atoms with Crippen molar-refractivity contribution in [3.63, 3.8) is 0 Å². The van der Waals surface area contributed by atoms with Crippen molar-refractivity contribution in [2.75, 3.05) is 32.1 Å². The van der Waals surface area contributed by atoms with Gasteiger partial charge in [-0.05, 0) is 6.07 Å². The lowest BCUT2D eigenvalue weighted by molar-refractivity contribution is -0.384. The van der Waals surface area contributed by atoms with Gasteiger partial charge >= 0.3 is 18.2 Å². The fraction of sp³-hybridized carbons (Fsp3) is 0.357. The van der Waals surface area contributed by atoms with E-state index in [1.54, 1.807) is 19.4 Å². The summed E-state index contributed by atoms with van der Waals surface area (Å²) in [7, 11) is 3.13. The van der Waals surface area contributed by atoms with Crippen LogP contribution in [-0.2, 0) is 9.53 Å². The molecule has 0 aliphatic carbocycles. The molecule has 10 nitrogen and oxygen atoms in total. The maximum atomic E-state index is 12.1. The lowest BCUT2D eigenvalue weighted by Gasteiger charge is -2.16. The van der Waals surface area contributed by atoms with E-state index in [2.05, 4.69) is 4.74 Å². The second-order valence-corrected chi connectivity index (χ2v) is 5.28. The van der Waals surface area contributed by atoms with Gasteiger partial charge in [0.05, 0.1) is 16.2 Å². The number of anilines is 1. The molecule has 0 saturated carbocycles. The number of nitrogens with zero attached hydrogens (tertiary/aromatic N) is 2. The van der Waals surface area contributed by atoms with E-state index in [1.165, 1.54) is 22.3 Å². The molecule has 1 rings (SSSR count). The molecule has 0 aliphatic heterocycles. The Hall–Kier alpha value is -3.38. The lowest BCUT2D eigenvalue weighted by atomic mass is 10.1. The molecule has 0 bridgehead atoms. The van der Waals surface area contributed by atoms with Gasteiger partial charge in [-0.25, -0.2) is 9.59 Å². The molecule has 0 aromatic heterocycles. The molecule has 148 valence electrons. The van der Waals surface area contributed by atoms with Gasteiger partial charge < -0.3 is 15.0 Å². The van der Waals surface area contributed by atoms with Gasteiger partial charge in [-0.15, -0.1) is 0 Å². The van der Waals surface area contributed by atoms with Gasteiger partial charge in [-0.3, -0.25) is 20.2 Å². The van der Waals surface area contributed by atoms with Crippen LogP contribution in [-0.4, -0.2) is 56.3 Å². The molecule has 0 aliphatic rings. The SMILES string of the molecule is CN(C)c1ccc([N+](=O)[O-])cc1C(=O)OCC(=O)NC(=O)NCC(F)(F)F. The first-order valence-corrected chi connectivity index (χ1v) is 7.18. The van der Waals surface area contributed by atoms with E-state index in [9.17, 15) is 37.7 Å². The highest BCUT2D eigenvalue weighted by Crippen LogP contribution is 2.24. The third-order valence-electron chi connectivity index (χ3n) is 2.93. The number of nitro groups is 1. The van der Waals surface area contributed by atoms with Gasteiger partial charge in [0.25, 0.3) is 11.6 Å². The summed E-state index contributed by atoms with van der Waals surface area (Å²) in [4.78, 5) is 46.2. The second kappa shape index (κ2) is 8.82. The van der Waals surface area contributed by atoms with Crippen LogP contribution in [0.25, 0.3) is 0 Å². The third kappa shape index (κ3) is 7.17. The quantitative estimate of drug-likeness (QED) is 0.423. The fourth-order valence-electron chi connectivity index (χ4n) is 1.79. The van der Waals surface area contributed by atoms with Crippen molar-refractivity contribution in [3.8, 4) is 0 Å². The Balaban J connectivity index is 2.71. The number of carbonyl (C=O) groups excluding carboxylic acids is 3. The number of nitro benzene ring substituents is 1. The molecule has 0 spiro atoms. The van der Waals surface area contributed by atoms with Crippen LogP contribution >= 0.6 is 0 Å². The molecular weight excluding hydrogens is 377 g/mol. The summed E-state index contributed by atoms with van der Waals surface area (Å²) < 4.78 is 40.5. The Bertz CT molecular complexity index is 751. The number of hydrogen-bond donors (Lipinski definition) is 2. The zero-order valence-corrected chi connectivity index (χ0v) is 14.1. The summed E-state index contributed by atoms with van der Waals surface area (Å²) in [6.07, 6.45) is -4.66. The van der Waals surface area contributed by atoms with Crippen molar-refractivity contribution in [2.24, 2.45) is 0 Å². The Morgan fingerprint density at radius 2 is 1.89 bits per heavy atom. The molecule has 2 N–H and O–H groups in total. The van der Waals surface area contributed by atoms with E-state index >= 15 is 0 Å². The van der Waals surface area contributed by atoms with Crippen molar-refractivity contribution >= 4 is 29.3 Å². The third-order valence-corrected chi connectivity index (χ3v) is 2.93. The highest BCUT2D eigenvalue weighted by atomic mass is 19.4. The summed E-state index contributed by atoms with van der Waals surface area (Å²) in [5.41, 5.74) is -0.319. The second-order valence-electron chi connectivity index (χ2n) is 5.28. The van der Waals surface area contributed by atoms with Crippen molar-refractivity contribution < 1.29 is 37.2 Å². The van der Waals surface area contributed by atoms with Gasteiger partial charge in [0.1, 0.15) is 6.54 Å². The van der Waals surface area contributed by atoms with Gasteiger partial charge in [0, 0.05) is 26.2 Å². The van der Waals surface area contributed by atoms with Crippen LogP contribution in [0.2, 0.25) is 0 Å². The Labute approximate surface area is 150 Å². The van der Waals surface area contributed by atoms with Crippen LogP contribution in [0.5, 0.6) is 0 Å². The maximum absolute atomic E-state index is 12.1. The van der Waals surface area contributed by atoms with Crippen LogP contribution in [0.1, 0.15) is 10.4 Å². The number of nitrogens with one attached hydrogen (secondary N) is 2. The first-order chi connectivity index (χ1) is 12.4. The lowest BCUT2D eigenvalue weighted by Crippen LogP contribution is -2.44. The monoisotopic (exact) mass is 392 g/mol. The Morgan fingerprint density at radius 3 is 2.41 bits per heavy atom. The molecule has 0 unspecified atom stereocenters. The smallest absolute Gasteiger partial charge is 0.405 e. The molecule has 0 fully saturated rings. The number of imide groups is 1. The highest BCUT2D eigenvalue weighted by molar-refractivity contribution is 5.99. The van der Waals surface area contributed by atoms with E-state index in [-0.39, 0.29) is 16.9 Å². The minimum absolute atomic E-state index is 0.205. The summed E-state index contributed by atoms with van der Waals surface area (Å²) in [5, 5.41) is 13.8. The van der Waals surface area contributed by atoms with Crippen molar-refractivity contribution in [1.82, 2.24) is 10.6 Å². The Morgan fingerprint density at radius 1 is 1.26 bits per heavy atom. The number of non-ortho nitro benzene ring substituents is 1. The number of amides is 3. The van der Waals surface area contributed by atoms with Crippen LogP contribution in [0.15, 0.2) is 18.2 Å². The maximum Gasteiger partial charge on any atom is 0.405 e. The molecule has 0 atom stereocenters. The molecule has 1 aromatic carbocycles. The predicted octanol–water partition coefficient (Wildman–Crippen LogP) is 1.21. The highest BCUT2D eigenvalue weighted by Gasteiger charge is 2.28. The molecular formula is C14H15F3N4O6. The first-order valence-electron chi connectivity index (χ1n) is 7.18. The number of ether oxygens (including phenoxy) is 1. The first kappa shape index (κ1) is 21.7. The number of benzene rings is 1. The normalized spacial score (nSPS) is 10.7. The molecule has 0 saturated heterocycles. The average molecular weight is 392 g/mol. The zero-order chi connectivity index (χ0) is 20.8. The molecule has 13 heteroatoms. The number of alkyl halides is 3. The molecule has 27 heavy (non-hydrogen) atoms. The van der Waals surface area contributed by atoms with Crippen molar-refractivity contribution in [2.45, 2.75) is 6.18 Å². The predicted molar refractivity (Wildman–Crippen MR) is 85.3 cm³/mol. The summed E-state index contributed by atoms with van der Waals surface area (Å²) in [6, 6.07) is 2.01. The van der Waals surface area contributed by atoms with Crippen LogP contribution < -0.4 is 15.5 Å². The summed E-state index contributed by atoms with van der Waals surface area (Å²) in [5.74, 6) is -2.27. The number of hydrogen-bond acceptors (Lipinski definition) is 7. The number of esters is 1. The minimum Gasteiger partial charge on any atom is -0.452 e. The Kier molecular flexibility index (Phi) is 7.08. The molecule has 0 heterocycles. The standard InChI is InChI=1S/C14H15F3N4O6/c1-20(2)10-4-3-8(21(25)26)5-9(10)12(23)27-6-11(22)19-13(24)18-7-14(15,16)17/h3-5H,6-7H2,1-2H3,(H2,18,19,22,24).